The third-order valence-electron chi connectivity index (χ3n) is 4.04. The summed E-state index contributed by atoms with van der Waals surface area (Å²) in [5.74, 6) is 0. The zero-order valence-electron chi connectivity index (χ0n) is 15.0. The lowest BCUT2D eigenvalue weighted by molar-refractivity contribution is 0.584. The highest BCUT2D eigenvalue weighted by Crippen LogP contribution is 2.37. The highest BCUT2D eigenvalue weighted by Gasteiger charge is 2.17. The van der Waals surface area contributed by atoms with Gasteiger partial charge in [-0.3, -0.25) is 0 Å². The van der Waals surface area contributed by atoms with E-state index in [0.717, 1.165) is 5.56 Å². The Morgan fingerprint density at radius 3 is 2.17 bits per heavy atom. The van der Waals surface area contributed by atoms with Crippen LogP contribution in [-0.4, -0.2) is 13.6 Å². The van der Waals surface area contributed by atoms with E-state index in [9.17, 15) is 8.42 Å². The van der Waals surface area contributed by atoms with Crippen LogP contribution in [0.4, 0.5) is 0 Å². The van der Waals surface area contributed by atoms with Gasteiger partial charge in [-0.15, -0.1) is 0 Å². The number of hydrogen-bond donors (Lipinski definition) is 1. The van der Waals surface area contributed by atoms with Crippen LogP contribution in [0.3, 0.4) is 0 Å². The number of rotatable bonds is 5. The van der Waals surface area contributed by atoms with Crippen molar-refractivity contribution in [2.75, 3.05) is 0 Å². The molecule has 0 unspecified atom stereocenters. The highest BCUT2D eigenvalue weighted by atomic mass is 35.5. The van der Waals surface area contributed by atoms with Crippen molar-refractivity contribution in [3.63, 3.8) is 0 Å². The molecule has 0 saturated carbocycles. The lowest BCUT2D eigenvalue weighted by Gasteiger charge is -2.11. The zero-order valence-corrected chi connectivity index (χ0v) is 18.8. The maximum Gasteiger partial charge on any atom is 0.276 e. The van der Waals surface area contributed by atoms with E-state index < -0.39 is 10.0 Å². The maximum absolute atomic E-state index is 12.4. The van der Waals surface area contributed by atoms with Gasteiger partial charge in [0.2, 0.25) is 0 Å². The molecule has 0 heterocycles. The predicted molar refractivity (Wildman–Crippen MR) is 121 cm³/mol. The summed E-state index contributed by atoms with van der Waals surface area (Å²) in [5.41, 5.74) is 2.51. The van der Waals surface area contributed by atoms with Crippen LogP contribution < -0.4 is 4.83 Å². The summed E-state index contributed by atoms with van der Waals surface area (Å²) in [5, 5.41) is 4.74. The SMILES string of the molecule is Cc1ccc(S(=O)(=O)N/N=C(\Cl)c2cc(-c3ccccc3Cl)c(Cl)cc2Cl)cc1. The second-order valence-corrected chi connectivity index (χ2v) is 9.34. The van der Waals surface area contributed by atoms with Crippen molar-refractivity contribution in [2.24, 2.45) is 5.10 Å². The summed E-state index contributed by atoms with van der Waals surface area (Å²) in [4.78, 5) is 2.18. The van der Waals surface area contributed by atoms with Crippen LogP contribution in [0.5, 0.6) is 0 Å². The van der Waals surface area contributed by atoms with Crippen molar-refractivity contribution < 1.29 is 8.42 Å². The van der Waals surface area contributed by atoms with Gasteiger partial charge in [0.25, 0.3) is 10.0 Å². The number of halogens is 4. The first-order chi connectivity index (χ1) is 13.7. The van der Waals surface area contributed by atoms with E-state index in [4.69, 9.17) is 46.4 Å². The molecule has 0 radical (unpaired) electrons. The Morgan fingerprint density at radius 2 is 1.52 bits per heavy atom. The molecule has 0 fully saturated rings. The number of hydrogen-bond acceptors (Lipinski definition) is 3. The fourth-order valence-corrected chi connectivity index (χ4v) is 4.44. The van der Waals surface area contributed by atoms with Crippen molar-refractivity contribution in [3.05, 3.63) is 86.9 Å². The molecule has 0 saturated heterocycles. The van der Waals surface area contributed by atoms with Crippen LogP contribution >= 0.6 is 46.4 Å². The third-order valence-corrected chi connectivity index (χ3v) is 6.51. The van der Waals surface area contributed by atoms with E-state index in [0.29, 0.717) is 26.7 Å². The lowest BCUT2D eigenvalue weighted by Crippen LogP contribution is -2.19. The first-order valence-electron chi connectivity index (χ1n) is 8.25. The van der Waals surface area contributed by atoms with Crippen molar-refractivity contribution in [1.29, 1.82) is 0 Å². The van der Waals surface area contributed by atoms with Crippen molar-refractivity contribution in [1.82, 2.24) is 4.83 Å². The largest absolute Gasteiger partial charge is 0.276 e. The van der Waals surface area contributed by atoms with Gasteiger partial charge in [0.1, 0.15) is 0 Å². The molecule has 3 aromatic carbocycles. The minimum Gasteiger partial charge on any atom is -0.200 e. The second-order valence-electron chi connectivity index (χ2n) is 6.10. The monoisotopic (exact) mass is 486 g/mol. The van der Waals surface area contributed by atoms with Gasteiger partial charge in [0.05, 0.1) is 9.92 Å². The highest BCUT2D eigenvalue weighted by molar-refractivity contribution is 7.89. The van der Waals surface area contributed by atoms with Crippen molar-refractivity contribution in [3.8, 4) is 11.1 Å². The van der Waals surface area contributed by atoms with Crippen LogP contribution in [0.25, 0.3) is 11.1 Å². The molecule has 3 aromatic rings. The van der Waals surface area contributed by atoms with Gasteiger partial charge in [-0.25, -0.2) is 0 Å². The Labute approximate surface area is 189 Å². The molecule has 0 bridgehead atoms. The molecule has 0 atom stereocenters. The van der Waals surface area contributed by atoms with Gasteiger partial charge in [-0.2, -0.15) is 18.4 Å². The number of hydrazone groups is 1. The van der Waals surface area contributed by atoms with Crippen LogP contribution in [-0.2, 0) is 10.0 Å². The van der Waals surface area contributed by atoms with Crippen molar-refractivity contribution >= 4 is 61.6 Å². The molecule has 9 heteroatoms. The molecule has 0 spiro atoms. The molecule has 3 rings (SSSR count). The van der Waals surface area contributed by atoms with Crippen LogP contribution in [0.1, 0.15) is 11.1 Å². The number of sulfonamides is 1. The first-order valence-corrected chi connectivity index (χ1v) is 11.2. The maximum atomic E-state index is 12.4. The van der Waals surface area contributed by atoms with Crippen LogP contribution in [0.2, 0.25) is 15.1 Å². The number of nitrogens with one attached hydrogen (secondary N) is 1. The fourth-order valence-electron chi connectivity index (χ4n) is 2.52. The average molecular weight is 488 g/mol. The van der Waals surface area contributed by atoms with Gasteiger partial charge in [0, 0.05) is 26.7 Å². The Hall–Kier alpha value is -1.76. The molecule has 0 aliphatic rings. The summed E-state index contributed by atoms with van der Waals surface area (Å²) in [7, 11) is -3.88. The lowest BCUT2D eigenvalue weighted by atomic mass is 10.0. The van der Waals surface area contributed by atoms with E-state index in [1.807, 2.05) is 13.0 Å². The van der Waals surface area contributed by atoms with E-state index in [-0.39, 0.29) is 15.1 Å². The summed E-state index contributed by atoms with van der Waals surface area (Å²) < 4.78 is 24.8. The van der Waals surface area contributed by atoms with Gasteiger partial charge >= 0.3 is 0 Å². The topological polar surface area (TPSA) is 58.5 Å². The number of benzene rings is 3. The number of nitrogens with zero attached hydrogens (tertiary/aromatic N) is 1. The summed E-state index contributed by atoms with van der Waals surface area (Å²) >= 11 is 25.1. The molecule has 1 N–H and O–H groups in total. The van der Waals surface area contributed by atoms with E-state index >= 15 is 0 Å². The summed E-state index contributed by atoms with van der Waals surface area (Å²) in [6.45, 7) is 1.86. The Morgan fingerprint density at radius 1 is 0.862 bits per heavy atom. The predicted octanol–water partition coefficient (Wildman–Crippen LogP) is 6.50. The third kappa shape index (κ3) is 5.05. The minimum atomic E-state index is -3.88. The quantitative estimate of drug-likeness (QED) is 0.329. The smallest absolute Gasteiger partial charge is 0.200 e. The van der Waals surface area contributed by atoms with Gasteiger partial charge in [-0.1, -0.05) is 82.3 Å². The van der Waals surface area contributed by atoms with Gasteiger partial charge in [-0.05, 0) is 37.3 Å². The van der Waals surface area contributed by atoms with Gasteiger partial charge in [0.15, 0.2) is 5.17 Å². The van der Waals surface area contributed by atoms with E-state index in [1.54, 1.807) is 36.4 Å². The molecule has 29 heavy (non-hydrogen) atoms. The number of aryl methyl sites for hydroxylation is 1. The standard InChI is InChI=1S/C20H14Cl4N2O2S/c1-12-6-8-13(9-7-12)29(27,28)26-25-20(24)16-10-15(18(22)11-19(16)23)14-4-2-3-5-17(14)21/h2-11,26H,1H3/b25-20-. The van der Waals surface area contributed by atoms with Gasteiger partial charge < -0.3 is 0 Å². The zero-order chi connectivity index (χ0) is 21.2. The van der Waals surface area contributed by atoms with E-state index in [1.165, 1.54) is 18.2 Å². The van der Waals surface area contributed by atoms with Crippen LogP contribution in [0, 0.1) is 6.92 Å². The fraction of sp³-hybridized carbons (Fsp3) is 0.0500. The average Bonchev–Trinajstić information content (AvgIpc) is 2.67. The molecule has 0 amide bonds. The first kappa shape index (κ1) is 21.9. The molecule has 150 valence electrons. The molecular formula is C20H14Cl4N2O2S. The minimum absolute atomic E-state index is 0.0651. The van der Waals surface area contributed by atoms with E-state index in [2.05, 4.69) is 9.93 Å². The molecule has 0 aliphatic heterocycles. The molecule has 0 aromatic heterocycles. The Kier molecular flexibility index (Phi) is 6.76. The summed E-state index contributed by atoms with van der Waals surface area (Å²) in [6, 6.07) is 16.6. The normalized spacial score (nSPS) is 12.1. The Bertz CT molecular complexity index is 1190. The second kappa shape index (κ2) is 8.94. The Balaban J connectivity index is 1.96. The molecule has 4 nitrogen and oxygen atoms in total. The van der Waals surface area contributed by atoms with Crippen molar-refractivity contribution in [2.45, 2.75) is 11.8 Å². The van der Waals surface area contributed by atoms with Crippen LogP contribution in [0.15, 0.2) is 70.7 Å². The summed E-state index contributed by atoms with van der Waals surface area (Å²) in [6.07, 6.45) is 0. The molecular weight excluding hydrogens is 474 g/mol. The molecule has 0 aliphatic carbocycles.